The maximum atomic E-state index is 12.8. The highest BCUT2D eigenvalue weighted by molar-refractivity contribution is 6.30. The minimum absolute atomic E-state index is 0.139. The molecule has 0 aliphatic heterocycles. The average molecular weight is 489 g/mol. The Hall–Kier alpha value is -3.97. The molecular weight excluding hydrogens is 464 g/mol. The number of anilines is 1. The molecule has 4 aromatic rings. The van der Waals surface area contributed by atoms with E-state index < -0.39 is 11.9 Å². The average Bonchev–Trinajstić information content (AvgIpc) is 3.23. The lowest BCUT2D eigenvalue weighted by molar-refractivity contribution is -0.111. The monoisotopic (exact) mass is 488 g/mol. The van der Waals surface area contributed by atoms with Gasteiger partial charge in [0.2, 0.25) is 5.91 Å². The van der Waals surface area contributed by atoms with Crippen LogP contribution in [0, 0.1) is 20.8 Å². The third kappa shape index (κ3) is 5.25. The largest absolute Gasteiger partial charge is 0.462 e. The van der Waals surface area contributed by atoms with E-state index in [4.69, 9.17) is 21.3 Å². The number of benzene rings is 2. The minimum atomic E-state index is -0.583. The molecule has 0 fully saturated rings. The molecule has 178 valence electrons. The van der Waals surface area contributed by atoms with Gasteiger partial charge in [-0.3, -0.25) is 4.79 Å². The van der Waals surface area contributed by atoms with Gasteiger partial charge >= 0.3 is 5.97 Å². The second-order valence-electron chi connectivity index (χ2n) is 8.19. The van der Waals surface area contributed by atoms with E-state index >= 15 is 0 Å². The van der Waals surface area contributed by atoms with Crippen molar-refractivity contribution in [2.24, 2.45) is 0 Å². The summed E-state index contributed by atoms with van der Waals surface area (Å²) in [6.45, 7) is 7.95. The first-order valence-corrected chi connectivity index (χ1v) is 11.5. The van der Waals surface area contributed by atoms with Crippen LogP contribution >= 0.6 is 11.6 Å². The number of fused-ring (bicyclic) bond motifs is 1. The number of pyridine rings is 1. The van der Waals surface area contributed by atoms with Gasteiger partial charge in [0.25, 0.3) is 0 Å². The number of halogens is 1. The quantitative estimate of drug-likeness (QED) is 0.272. The molecule has 4 rings (SSSR count). The van der Waals surface area contributed by atoms with E-state index in [0.29, 0.717) is 10.8 Å². The van der Waals surface area contributed by atoms with Crippen LogP contribution in [-0.4, -0.2) is 33.2 Å². The smallest absolute Gasteiger partial charge is 0.343 e. The number of aryl methyl sites for hydroxylation is 3. The first-order valence-electron chi connectivity index (χ1n) is 11.2. The number of rotatable bonds is 6. The fourth-order valence-electron chi connectivity index (χ4n) is 3.84. The molecule has 0 aliphatic carbocycles. The van der Waals surface area contributed by atoms with Crippen molar-refractivity contribution in [2.45, 2.75) is 27.7 Å². The molecule has 2 aromatic carbocycles. The molecule has 0 radical (unpaired) electrons. The summed E-state index contributed by atoms with van der Waals surface area (Å²) in [5.74, 6) is -0.351. The van der Waals surface area contributed by atoms with Gasteiger partial charge in [-0.1, -0.05) is 35.4 Å². The van der Waals surface area contributed by atoms with Crippen molar-refractivity contribution in [1.82, 2.24) is 14.8 Å². The number of carbonyl (C=O) groups is 2. The number of nitrogens with one attached hydrogen (secondary N) is 1. The first kappa shape index (κ1) is 24.2. The van der Waals surface area contributed by atoms with E-state index in [2.05, 4.69) is 22.5 Å². The van der Waals surface area contributed by atoms with Crippen LogP contribution in [0.25, 0.3) is 22.8 Å². The molecule has 0 saturated heterocycles. The van der Waals surface area contributed by atoms with Crippen LogP contribution in [0.5, 0.6) is 0 Å². The Labute approximate surface area is 208 Å². The van der Waals surface area contributed by atoms with Crippen LogP contribution in [0.15, 0.2) is 54.7 Å². The van der Waals surface area contributed by atoms with Gasteiger partial charge in [0.15, 0.2) is 11.6 Å². The molecular formula is C27H25ClN4O3. The van der Waals surface area contributed by atoms with Crippen molar-refractivity contribution in [3.05, 3.63) is 87.6 Å². The molecule has 1 N–H and O–H groups in total. The van der Waals surface area contributed by atoms with Gasteiger partial charge in [0, 0.05) is 16.5 Å². The van der Waals surface area contributed by atoms with Gasteiger partial charge in [-0.2, -0.15) is 9.78 Å². The van der Waals surface area contributed by atoms with E-state index in [1.54, 1.807) is 37.3 Å². The summed E-state index contributed by atoms with van der Waals surface area (Å²) in [6.07, 6.45) is 4.40. The second kappa shape index (κ2) is 10.1. The first-order chi connectivity index (χ1) is 16.8. The third-order valence-corrected chi connectivity index (χ3v) is 5.71. The SMILES string of the molecule is CCOC(=O)c1cnn(-c2cc(C)c3cc(C)cc(C)c3n2)c1NC(=O)/C=C/c1ccc(Cl)cc1. The number of nitrogens with zero attached hydrogens (tertiary/aromatic N) is 3. The molecule has 0 spiro atoms. The number of amides is 1. The zero-order valence-corrected chi connectivity index (χ0v) is 20.7. The standard InChI is InChI=1S/C27H25ClN4O3/c1-5-35-27(34)22-15-29-32(23-14-17(3)21-13-16(2)12-18(4)25(21)30-23)26(22)31-24(33)11-8-19-6-9-20(28)10-7-19/h6-15H,5H2,1-4H3,(H,31,33)/b11-8+. The van der Waals surface area contributed by atoms with Crippen molar-refractivity contribution >= 4 is 46.3 Å². The summed E-state index contributed by atoms with van der Waals surface area (Å²) < 4.78 is 6.62. The van der Waals surface area contributed by atoms with E-state index in [0.717, 1.165) is 33.2 Å². The lowest BCUT2D eigenvalue weighted by Crippen LogP contribution is -2.16. The number of ether oxygens (including phenoxy) is 1. The summed E-state index contributed by atoms with van der Waals surface area (Å²) >= 11 is 5.92. The summed E-state index contributed by atoms with van der Waals surface area (Å²) in [6, 6.07) is 13.1. The van der Waals surface area contributed by atoms with Crippen molar-refractivity contribution in [1.29, 1.82) is 0 Å². The third-order valence-electron chi connectivity index (χ3n) is 5.46. The lowest BCUT2D eigenvalue weighted by atomic mass is 10.0. The summed E-state index contributed by atoms with van der Waals surface area (Å²) in [4.78, 5) is 30.2. The molecule has 8 heteroatoms. The Bertz CT molecular complexity index is 1460. The highest BCUT2D eigenvalue weighted by Crippen LogP contribution is 2.27. The van der Waals surface area contributed by atoms with Crippen molar-refractivity contribution < 1.29 is 14.3 Å². The van der Waals surface area contributed by atoms with E-state index in [-0.39, 0.29) is 18.0 Å². The number of esters is 1. The fourth-order valence-corrected chi connectivity index (χ4v) is 3.97. The zero-order chi connectivity index (χ0) is 25.1. The zero-order valence-electron chi connectivity index (χ0n) is 19.9. The molecule has 35 heavy (non-hydrogen) atoms. The lowest BCUT2D eigenvalue weighted by Gasteiger charge is -2.13. The highest BCUT2D eigenvalue weighted by atomic mass is 35.5. The Kier molecular flexibility index (Phi) is 6.98. The predicted molar refractivity (Wildman–Crippen MR) is 138 cm³/mol. The van der Waals surface area contributed by atoms with Gasteiger partial charge in [-0.25, -0.2) is 9.78 Å². The van der Waals surface area contributed by atoms with Gasteiger partial charge in [-0.05, 0) is 74.7 Å². The van der Waals surface area contributed by atoms with Crippen LogP contribution in [-0.2, 0) is 9.53 Å². The van der Waals surface area contributed by atoms with E-state index in [1.807, 2.05) is 26.8 Å². The number of carbonyl (C=O) groups excluding carboxylic acids is 2. The molecule has 0 bridgehead atoms. The van der Waals surface area contributed by atoms with E-state index in [9.17, 15) is 9.59 Å². The Morgan fingerprint density at radius 2 is 1.83 bits per heavy atom. The van der Waals surface area contributed by atoms with Crippen molar-refractivity contribution in [2.75, 3.05) is 11.9 Å². The van der Waals surface area contributed by atoms with Gasteiger partial charge < -0.3 is 10.1 Å². The Morgan fingerprint density at radius 1 is 1.09 bits per heavy atom. The van der Waals surface area contributed by atoms with Gasteiger partial charge in [-0.15, -0.1) is 0 Å². The minimum Gasteiger partial charge on any atom is -0.462 e. The maximum Gasteiger partial charge on any atom is 0.343 e. The molecule has 1 amide bonds. The highest BCUT2D eigenvalue weighted by Gasteiger charge is 2.22. The summed E-state index contributed by atoms with van der Waals surface area (Å²) in [5.41, 5.74) is 4.96. The number of hydrogen-bond acceptors (Lipinski definition) is 5. The van der Waals surface area contributed by atoms with Crippen LogP contribution in [0.1, 0.15) is 39.5 Å². The fraction of sp³-hybridized carbons (Fsp3) is 0.185. The molecule has 2 aromatic heterocycles. The Balaban J connectivity index is 1.75. The molecule has 0 unspecified atom stereocenters. The van der Waals surface area contributed by atoms with Gasteiger partial charge in [0.05, 0.1) is 18.3 Å². The second-order valence-corrected chi connectivity index (χ2v) is 8.63. The van der Waals surface area contributed by atoms with Crippen LogP contribution in [0.4, 0.5) is 5.82 Å². The normalized spacial score (nSPS) is 11.2. The van der Waals surface area contributed by atoms with Crippen molar-refractivity contribution in [3.63, 3.8) is 0 Å². The van der Waals surface area contributed by atoms with E-state index in [1.165, 1.54) is 17.0 Å². The molecule has 2 heterocycles. The number of hydrogen-bond donors (Lipinski definition) is 1. The number of aromatic nitrogens is 3. The van der Waals surface area contributed by atoms with Crippen LogP contribution in [0.2, 0.25) is 5.02 Å². The molecule has 0 aliphatic rings. The maximum absolute atomic E-state index is 12.8. The van der Waals surface area contributed by atoms with Gasteiger partial charge in [0.1, 0.15) is 5.56 Å². The summed E-state index contributed by atoms with van der Waals surface area (Å²) in [5, 5.41) is 8.79. The topological polar surface area (TPSA) is 86.1 Å². The van der Waals surface area contributed by atoms with Crippen LogP contribution < -0.4 is 5.32 Å². The Morgan fingerprint density at radius 3 is 2.54 bits per heavy atom. The summed E-state index contributed by atoms with van der Waals surface area (Å²) in [7, 11) is 0. The molecule has 7 nitrogen and oxygen atoms in total. The molecule has 0 atom stereocenters. The van der Waals surface area contributed by atoms with Crippen LogP contribution in [0.3, 0.4) is 0 Å². The molecule has 0 saturated carbocycles. The predicted octanol–water partition coefficient (Wildman–Crippen LogP) is 5.83. The van der Waals surface area contributed by atoms with Crippen molar-refractivity contribution in [3.8, 4) is 5.82 Å².